The maximum Gasteiger partial charge on any atom is 0.137 e. The fourth-order valence-corrected chi connectivity index (χ4v) is 2.78. The molecule has 0 saturated carbocycles. The summed E-state index contributed by atoms with van der Waals surface area (Å²) in [5, 5.41) is 4.18. The molecule has 0 aliphatic heterocycles. The monoisotopic (exact) mass is 355 g/mol. The van der Waals surface area contributed by atoms with Gasteiger partial charge >= 0.3 is 0 Å². The van der Waals surface area contributed by atoms with E-state index in [9.17, 15) is 4.39 Å². The number of nitrogens with one attached hydrogen (secondary N) is 1. The van der Waals surface area contributed by atoms with E-state index in [1.54, 1.807) is 0 Å². The third-order valence-electron chi connectivity index (χ3n) is 3.18. The van der Waals surface area contributed by atoms with Crippen molar-refractivity contribution in [2.75, 3.05) is 6.54 Å². The van der Waals surface area contributed by atoms with Crippen LogP contribution in [0.2, 0.25) is 5.02 Å². The van der Waals surface area contributed by atoms with Gasteiger partial charge in [0.25, 0.3) is 0 Å². The molecule has 1 atom stereocenters. The predicted octanol–water partition coefficient (Wildman–Crippen LogP) is 5.13. The zero-order valence-electron chi connectivity index (χ0n) is 11.2. The van der Waals surface area contributed by atoms with Crippen LogP contribution in [0.1, 0.15) is 24.1 Å². The highest BCUT2D eigenvalue weighted by molar-refractivity contribution is 9.10. The lowest BCUT2D eigenvalue weighted by molar-refractivity contribution is 0.546. The predicted molar refractivity (Wildman–Crippen MR) is 85.7 cm³/mol. The highest BCUT2D eigenvalue weighted by atomic mass is 79.9. The molecule has 0 aliphatic carbocycles. The van der Waals surface area contributed by atoms with Crippen LogP contribution in [0.3, 0.4) is 0 Å². The molecule has 1 nitrogen and oxygen atoms in total. The second kappa shape index (κ2) is 7.21. The highest BCUT2D eigenvalue weighted by Crippen LogP contribution is 2.26. The summed E-state index contributed by atoms with van der Waals surface area (Å²) < 4.78 is 13.8. The molecule has 4 heteroatoms. The van der Waals surface area contributed by atoms with Crippen LogP contribution in [-0.2, 0) is 6.42 Å². The molecule has 0 amide bonds. The van der Waals surface area contributed by atoms with Crippen LogP contribution in [0, 0.1) is 5.82 Å². The number of halogens is 3. The van der Waals surface area contributed by atoms with Crippen molar-refractivity contribution in [1.82, 2.24) is 5.32 Å². The van der Waals surface area contributed by atoms with Gasteiger partial charge in [0.05, 0.1) is 4.47 Å². The molecule has 0 aromatic heterocycles. The Morgan fingerprint density at radius 1 is 1.25 bits per heavy atom. The normalized spacial score (nSPS) is 12.4. The van der Waals surface area contributed by atoms with Crippen molar-refractivity contribution in [2.45, 2.75) is 19.4 Å². The maximum atomic E-state index is 13.4. The maximum absolute atomic E-state index is 13.4. The minimum atomic E-state index is -0.248. The molecule has 0 spiro atoms. The zero-order chi connectivity index (χ0) is 14.5. The fraction of sp³-hybridized carbons (Fsp3) is 0.250. The Bertz CT molecular complexity index is 588. The standard InChI is InChI=1S/C16H16BrClFN/c1-2-20-16(10-11-5-3-4-6-14(11)18)12-7-8-15(19)13(17)9-12/h3-9,16,20H,2,10H2,1H3. The van der Waals surface area contributed by atoms with Crippen LogP contribution in [0.5, 0.6) is 0 Å². The zero-order valence-corrected chi connectivity index (χ0v) is 13.5. The first-order chi connectivity index (χ1) is 9.61. The molecule has 0 bridgehead atoms. The molecule has 2 aromatic rings. The van der Waals surface area contributed by atoms with Gasteiger partial charge in [-0.2, -0.15) is 0 Å². The van der Waals surface area contributed by atoms with Crippen molar-refractivity contribution in [3.05, 3.63) is 68.9 Å². The lowest BCUT2D eigenvalue weighted by atomic mass is 9.98. The summed E-state index contributed by atoms with van der Waals surface area (Å²) >= 11 is 9.45. The van der Waals surface area contributed by atoms with Crippen LogP contribution >= 0.6 is 27.5 Å². The summed E-state index contributed by atoms with van der Waals surface area (Å²) in [6.07, 6.45) is 0.769. The second-order valence-corrected chi connectivity index (χ2v) is 5.84. The number of rotatable bonds is 5. The average molecular weight is 357 g/mol. The Morgan fingerprint density at radius 3 is 2.65 bits per heavy atom. The van der Waals surface area contributed by atoms with Gasteiger partial charge in [-0.05, 0) is 58.2 Å². The van der Waals surface area contributed by atoms with Crippen molar-refractivity contribution in [3.8, 4) is 0 Å². The second-order valence-electron chi connectivity index (χ2n) is 4.58. The molecule has 0 aliphatic rings. The first-order valence-corrected chi connectivity index (χ1v) is 7.70. The Balaban J connectivity index is 2.27. The third-order valence-corrected chi connectivity index (χ3v) is 4.15. The van der Waals surface area contributed by atoms with E-state index < -0.39 is 0 Å². The smallest absolute Gasteiger partial charge is 0.137 e. The van der Waals surface area contributed by atoms with E-state index in [2.05, 4.69) is 28.2 Å². The van der Waals surface area contributed by atoms with E-state index in [0.717, 1.165) is 29.1 Å². The Kier molecular flexibility index (Phi) is 5.58. The van der Waals surface area contributed by atoms with Gasteiger partial charge in [-0.1, -0.05) is 42.8 Å². The first kappa shape index (κ1) is 15.5. The summed E-state index contributed by atoms with van der Waals surface area (Å²) in [5.41, 5.74) is 2.13. The van der Waals surface area contributed by atoms with Crippen LogP contribution < -0.4 is 5.32 Å². The summed E-state index contributed by atoms with van der Waals surface area (Å²) in [7, 11) is 0. The number of hydrogen-bond acceptors (Lipinski definition) is 1. The van der Waals surface area contributed by atoms with Crippen molar-refractivity contribution < 1.29 is 4.39 Å². The quantitative estimate of drug-likeness (QED) is 0.782. The molecule has 2 rings (SSSR count). The summed E-state index contributed by atoms with van der Waals surface area (Å²) in [6.45, 7) is 2.89. The van der Waals surface area contributed by atoms with E-state index >= 15 is 0 Å². The summed E-state index contributed by atoms with van der Waals surface area (Å²) in [6, 6.07) is 13.0. The van der Waals surface area contributed by atoms with Crippen LogP contribution in [0.25, 0.3) is 0 Å². The minimum Gasteiger partial charge on any atom is -0.310 e. The SMILES string of the molecule is CCNC(Cc1ccccc1Cl)c1ccc(F)c(Br)c1. The molecule has 0 radical (unpaired) electrons. The van der Waals surface area contributed by atoms with E-state index in [-0.39, 0.29) is 11.9 Å². The lowest BCUT2D eigenvalue weighted by Gasteiger charge is -2.19. The van der Waals surface area contributed by atoms with Gasteiger partial charge in [-0.15, -0.1) is 0 Å². The van der Waals surface area contributed by atoms with Crippen molar-refractivity contribution >= 4 is 27.5 Å². The molecule has 0 fully saturated rings. The van der Waals surface area contributed by atoms with Crippen molar-refractivity contribution in [2.24, 2.45) is 0 Å². The topological polar surface area (TPSA) is 12.0 Å². The summed E-state index contributed by atoms with van der Waals surface area (Å²) in [4.78, 5) is 0. The average Bonchev–Trinajstić information content (AvgIpc) is 2.44. The van der Waals surface area contributed by atoms with Crippen LogP contribution in [0.4, 0.5) is 4.39 Å². The number of likely N-dealkylation sites (N-methyl/N-ethyl adjacent to an activating group) is 1. The first-order valence-electron chi connectivity index (χ1n) is 6.53. The van der Waals surface area contributed by atoms with Gasteiger partial charge in [0.1, 0.15) is 5.82 Å². The molecule has 20 heavy (non-hydrogen) atoms. The van der Waals surface area contributed by atoms with Gasteiger partial charge in [-0.3, -0.25) is 0 Å². The number of hydrogen-bond donors (Lipinski definition) is 1. The van der Waals surface area contributed by atoms with Crippen LogP contribution in [-0.4, -0.2) is 6.54 Å². The van der Waals surface area contributed by atoms with E-state index in [1.165, 1.54) is 6.07 Å². The fourth-order valence-electron chi connectivity index (χ4n) is 2.17. The van der Waals surface area contributed by atoms with Gasteiger partial charge < -0.3 is 5.32 Å². The van der Waals surface area contributed by atoms with Gasteiger partial charge in [0, 0.05) is 11.1 Å². The molecule has 0 heterocycles. The largest absolute Gasteiger partial charge is 0.310 e. The van der Waals surface area contributed by atoms with Gasteiger partial charge in [-0.25, -0.2) is 4.39 Å². The Labute approximate surface area is 132 Å². The van der Waals surface area contributed by atoms with Crippen molar-refractivity contribution in [1.29, 1.82) is 0 Å². The van der Waals surface area contributed by atoms with Crippen LogP contribution in [0.15, 0.2) is 46.9 Å². The molecule has 106 valence electrons. The minimum absolute atomic E-state index is 0.108. The summed E-state index contributed by atoms with van der Waals surface area (Å²) in [5.74, 6) is -0.248. The highest BCUT2D eigenvalue weighted by Gasteiger charge is 2.14. The number of benzene rings is 2. The third kappa shape index (κ3) is 3.81. The van der Waals surface area contributed by atoms with E-state index in [1.807, 2.05) is 36.4 Å². The Hall–Kier alpha value is -0.900. The molecular weight excluding hydrogens is 341 g/mol. The molecule has 2 aromatic carbocycles. The molecular formula is C16H16BrClFN. The molecule has 0 saturated heterocycles. The molecule has 1 unspecified atom stereocenters. The van der Waals surface area contributed by atoms with Crippen molar-refractivity contribution in [3.63, 3.8) is 0 Å². The van der Waals surface area contributed by atoms with Gasteiger partial charge in [0.15, 0.2) is 0 Å². The lowest BCUT2D eigenvalue weighted by Crippen LogP contribution is -2.23. The molecule has 1 N–H and O–H groups in total. The van der Waals surface area contributed by atoms with E-state index in [4.69, 9.17) is 11.6 Å². The van der Waals surface area contributed by atoms with E-state index in [0.29, 0.717) is 4.47 Å². The Morgan fingerprint density at radius 2 is 2.00 bits per heavy atom. The van der Waals surface area contributed by atoms with Gasteiger partial charge in [0.2, 0.25) is 0 Å².